The Hall–Kier alpha value is -2.76. The molecule has 0 spiro atoms. The normalized spacial score (nSPS) is 27.5. The minimum Gasteiger partial charge on any atom is -0.392 e. The zero-order chi connectivity index (χ0) is 19.7. The topological polar surface area (TPSA) is 114 Å². The number of β-amino-alcohol motifs (C(OH)–C–C–N with tert-alkyl or cyclic N) is 1. The second-order valence-electron chi connectivity index (χ2n) is 7.80. The van der Waals surface area contributed by atoms with Gasteiger partial charge in [-0.1, -0.05) is 6.92 Å². The molecule has 1 aromatic heterocycles. The zero-order valence-electron chi connectivity index (χ0n) is 15.8. The van der Waals surface area contributed by atoms with Gasteiger partial charge >= 0.3 is 0 Å². The van der Waals surface area contributed by atoms with E-state index >= 15 is 0 Å². The molecule has 2 aliphatic heterocycles. The Bertz CT molecular complexity index is 927. The van der Waals surface area contributed by atoms with Crippen LogP contribution < -0.4 is 15.5 Å². The van der Waals surface area contributed by atoms with E-state index in [-0.39, 0.29) is 18.0 Å². The third kappa shape index (κ3) is 3.63. The third-order valence-corrected chi connectivity index (χ3v) is 5.50. The van der Waals surface area contributed by atoms with Crippen LogP contribution in [0.3, 0.4) is 0 Å². The van der Waals surface area contributed by atoms with E-state index in [4.69, 9.17) is 0 Å². The number of aromatic nitrogens is 2. The number of carbonyl (C=O) groups excluding carboxylic acids is 1. The maximum Gasteiger partial charge on any atom is 0.237 e. The van der Waals surface area contributed by atoms with Gasteiger partial charge in [-0.3, -0.25) is 14.8 Å². The lowest BCUT2D eigenvalue weighted by Crippen LogP contribution is -2.53. The first-order valence-corrected chi connectivity index (χ1v) is 9.65. The van der Waals surface area contributed by atoms with E-state index in [1.54, 1.807) is 18.5 Å². The number of hydrogen-bond acceptors (Lipinski definition) is 7. The van der Waals surface area contributed by atoms with E-state index in [1.807, 2.05) is 6.07 Å². The molecule has 2 aliphatic rings. The molecule has 3 N–H and O–H groups in total. The molecule has 28 heavy (non-hydrogen) atoms. The number of piperidine rings is 1. The first kappa shape index (κ1) is 18.6. The Morgan fingerprint density at radius 2 is 2.07 bits per heavy atom. The van der Waals surface area contributed by atoms with Gasteiger partial charge in [-0.05, 0) is 30.9 Å². The highest BCUT2D eigenvalue weighted by atomic mass is 16.3. The van der Waals surface area contributed by atoms with Crippen molar-refractivity contribution in [3.05, 3.63) is 30.1 Å². The Balaban J connectivity index is 1.55. The summed E-state index contributed by atoms with van der Waals surface area (Å²) in [7, 11) is 0. The molecule has 4 rings (SSSR count). The Kier molecular flexibility index (Phi) is 5.11. The van der Waals surface area contributed by atoms with Crippen molar-refractivity contribution in [3.63, 3.8) is 0 Å². The number of nitriles is 1. The highest BCUT2D eigenvalue weighted by molar-refractivity contribution is 5.92. The summed E-state index contributed by atoms with van der Waals surface area (Å²) < 4.78 is 0. The van der Waals surface area contributed by atoms with Gasteiger partial charge in [-0.15, -0.1) is 0 Å². The lowest BCUT2D eigenvalue weighted by Gasteiger charge is -2.38. The standard InChI is InChI=1S/C20H24N6O2/c1-12-6-14(25-20(28)16-7-15(27)9-24-16)11-26(10-12)17-3-2-13(8-21)18-19(17)23-5-4-22-18/h2-5,12,14-16,24,27H,6-7,9-11H2,1H3,(H,25,28)/t12-,14+,15?,16-/m0/s1. The number of aliphatic hydroxyl groups is 1. The van der Waals surface area contributed by atoms with Gasteiger partial charge in [-0.2, -0.15) is 5.26 Å². The molecule has 2 aromatic rings. The van der Waals surface area contributed by atoms with Crippen LogP contribution in [0.5, 0.6) is 0 Å². The van der Waals surface area contributed by atoms with Gasteiger partial charge in [0.25, 0.3) is 0 Å². The molecule has 3 heterocycles. The first-order chi connectivity index (χ1) is 13.5. The van der Waals surface area contributed by atoms with Gasteiger partial charge in [0.1, 0.15) is 17.1 Å². The fourth-order valence-corrected chi connectivity index (χ4v) is 4.26. The maximum absolute atomic E-state index is 12.5. The summed E-state index contributed by atoms with van der Waals surface area (Å²) in [6.45, 7) is 4.15. The van der Waals surface area contributed by atoms with Crippen LogP contribution in [0.15, 0.2) is 24.5 Å². The molecule has 146 valence electrons. The monoisotopic (exact) mass is 380 g/mol. The molecular weight excluding hydrogens is 356 g/mol. The van der Waals surface area contributed by atoms with E-state index in [1.165, 1.54) is 0 Å². The number of fused-ring (bicyclic) bond motifs is 1. The molecule has 2 saturated heterocycles. The predicted octanol–water partition coefficient (Wildman–Crippen LogP) is 0.555. The van der Waals surface area contributed by atoms with E-state index in [0.29, 0.717) is 42.0 Å². The largest absolute Gasteiger partial charge is 0.392 e. The quantitative estimate of drug-likeness (QED) is 0.713. The lowest BCUT2D eigenvalue weighted by molar-refractivity contribution is -0.123. The molecule has 1 unspecified atom stereocenters. The molecule has 0 saturated carbocycles. The third-order valence-electron chi connectivity index (χ3n) is 5.50. The van der Waals surface area contributed by atoms with Crippen LogP contribution in [-0.4, -0.2) is 58.8 Å². The van der Waals surface area contributed by atoms with Crippen molar-refractivity contribution in [2.75, 3.05) is 24.5 Å². The fraction of sp³-hybridized carbons (Fsp3) is 0.500. The Morgan fingerprint density at radius 1 is 1.29 bits per heavy atom. The van der Waals surface area contributed by atoms with E-state index in [0.717, 1.165) is 18.7 Å². The van der Waals surface area contributed by atoms with Crippen LogP contribution >= 0.6 is 0 Å². The summed E-state index contributed by atoms with van der Waals surface area (Å²) in [5, 5.41) is 25.2. The van der Waals surface area contributed by atoms with Gasteiger partial charge in [0.15, 0.2) is 0 Å². The fourth-order valence-electron chi connectivity index (χ4n) is 4.26. The molecule has 0 bridgehead atoms. The minimum absolute atomic E-state index is 0.0122. The summed E-state index contributed by atoms with van der Waals surface area (Å²) in [5.74, 6) is 0.337. The summed E-state index contributed by atoms with van der Waals surface area (Å²) in [4.78, 5) is 23.6. The number of nitrogens with one attached hydrogen (secondary N) is 2. The zero-order valence-corrected chi connectivity index (χ0v) is 15.8. The lowest BCUT2D eigenvalue weighted by atomic mass is 9.94. The highest BCUT2D eigenvalue weighted by Crippen LogP contribution is 2.30. The summed E-state index contributed by atoms with van der Waals surface area (Å²) >= 11 is 0. The second-order valence-corrected chi connectivity index (χ2v) is 7.80. The summed E-state index contributed by atoms with van der Waals surface area (Å²) in [6.07, 6.45) is 4.13. The highest BCUT2D eigenvalue weighted by Gasteiger charge is 2.32. The van der Waals surface area contributed by atoms with Gasteiger partial charge in [0.05, 0.1) is 23.4 Å². The molecule has 4 atom stereocenters. The van der Waals surface area contributed by atoms with Crippen LogP contribution in [0.25, 0.3) is 11.0 Å². The van der Waals surface area contributed by atoms with Crippen molar-refractivity contribution in [2.45, 2.75) is 38.0 Å². The second kappa shape index (κ2) is 7.70. The van der Waals surface area contributed by atoms with Crippen molar-refractivity contribution in [3.8, 4) is 6.07 Å². The molecular formula is C20H24N6O2. The number of rotatable bonds is 3. The van der Waals surface area contributed by atoms with Gasteiger partial charge in [0, 0.05) is 38.1 Å². The summed E-state index contributed by atoms with van der Waals surface area (Å²) in [5.41, 5.74) is 2.75. The Morgan fingerprint density at radius 3 is 2.79 bits per heavy atom. The number of benzene rings is 1. The maximum atomic E-state index is 12.5. The molecule has 1 aromatic carbocycles. The molecule has 8 heteroatoms. The van der Waals surface area contributed by atoms with E-state index < -0.39 is 6.10 Å². The average molecular weight is 380 g/mol. The number of nitrogens with zero attached hydrogens (tertiary/aromatic N) is 4. The van der Waals surface area contributed by atoms with Gasteiger partial charge in [-0.25, -0.2) is 0 Å². The van der Waals surface area contributed by atoms with Crippen molar-refractivity contribution < 1.29 is 9.90 Å². The number of hydrogen-bond donors (Lipinski definition) is 3. The van der Waals surface area contributed by atoms with Crippen LogP contribution in [0.4, 0.5) is 5.69 Å². The molecule has 8 nitrogen and oxygen atoms in total. The average Bonchev–Trinajstić information content (AvgIpc) is 3.13. The van der Waals surface area contributed by atoms with Gasteiger partial charge in [0.2, 0.25) is 5.91 Å². The van der Waals surface area contributed by atoms with Crippen molar-refractivity contribution in [2.24, 2.45) is 5.92 Å². The Labute approximate surface area is 163 Å². The first-order valence-electron chi connectivity index (χ1n) is 9.65. The molecule has 0 radical (unpaired) electrons. The van der Waals surface area contributed by atoms with Crippen molar-refractivity contribution >= 4 is 22.6 Å². The molecule has 2 fully saturated rings. The molecule has 1 amide bonds. The molecule has 0 aliphatic carbocycles. The van der Waals surface area contributed by atoms with Crippen LogP contribution in [-0.2, 0) is 4.79 Å². The van der Waals surface area contributed by atoms with E-state index in [9.17, 15) is 15.2 Å². The van der Waals surface area contributed by atoms with Crippen LogP contribution in [0.1, 0.15) is 25.3 Å². The SMILES string of the molecule is C[C@H]1C[C@@H](NC(=O)[C@@H]2CC(O)CN2)CN(c2ccc(C#N)c3nccnc23)C1. The number of amides is 1. The number of carbonyl (C=O) groups is 1. The van der Waals surface area contributed by atoms with Crippen LogP contribution in [0.2, 0.25) is 0 Å². The van der Waals surface area contributed by atoms with Crippen molar-refractivity contribution in [1.82, 2.24) is 20.6 Å². The number of anilines is 1. The smallest absolute Gasteiger partial charge is 0.237 e. The van der Waals surface area contributed by atoms with E-state index in [2.05, 4.69) is 38.5 Å². The van der Waals surface area contributed by atoms with Crippen LogP contribution in [0, 0.1) is 17.2 Å². The van der Waals surface area contributed by atoms with Gasteiger partial charge < -0.3 is 20.6 Å². The number of aliphatic hydroxyl groups excluding tert-OH is 1. The minimum atomic E-state index is -0.457. The predicted molar refractivity (Wildman–Crippen MR) is 105 cm³/mol. The van der Waals surface area contributed by atoms with Crippen molar-refractivity contribution in [1.29, 1.82) is 5.26 Å². The summed E-state index contributed by atoms with van der Waals surface area (Å²) in [6, 6.07) is 5.55.